The molecule has 1 saturated carbocycles. The van der Waals surface area contributed by atoms with Gasteiger partial charge in [0.15, 0.2) is 11.6 Å². The summed E-state index contributed by atoms with van der Waals surface area (Å²) in [6.07, 6.45) is 9.09. The third kappa shape index (κ3) is 7.21. The van der Waals surface area contributed by atoms with E-state index in [2.05, 4.69) is 27.5 Å². The summed E-state index contributed by atoms with van der Waals surface area (Å²) in [4.78, 5) is 43.6. The van der Waals surface area contributed by atoms with Gasteiger partial charge in [-0.15, -0.1) is 0 Å². The molecule has 1 aliphatic carbocycles. The van der Waals surface area contributed by atoms with E-state index in [1.54, 1.807) is 19.1 Å². The molecule has 226 valence electrons. The maximum atomic E-state index is 15.1. The molecule has 4 N–H and O–H groups in total. The molecule has 1 saturated heterocycles. The van der Waals surface area contributed by atoms with Gasteiger partial charge in [0.1, 0.15) is 17.0 Å². The van der Waals surface area contributed by atoms with Gasteiger partial charge in [-0.2, -0.15) is 0 Å². The van der Waals surface area contributed by atoms with E-state index in [4.69, 9.17) is 10.5 Å². The Morgan fingerprint density at radius 1 is 1.16 bits per heavy atom. The Labute approximate surface area is 249 Å². The fourth-order valence-corrected chi connectivity index (χ4v) is 5.67. The number of rotatable bonds is 7. The Balaban J connectivity index is 1.29. The number of hydrogen-bond donors (Lipinski definition) is 3. The van der Waals surface area contributed by atoms with Crippen LogP contribution in [-0.2, 0) is 6.54 Å². The number of aromatic nitrogens is 3. The van der Waals surface area contributed by atoms with Crippen LogP contribution in [0.4, 0.5) is 10.1 Å². The second-order valence-electron chi connectivity index (χ2n) is 11.0. The molecule has 1 aromatic carbocycles. The maximum Gasteiger partial charge on any atom is 0.331 e. The summed E-state index contributed by atoms with van der Waals surface area (Å²) in [5, 5.41) is 5.90. The first-order chi connectivity index (χ1) is 20.8. The van der Waals surface area contributed by atoms with Crippen LogP contribution < -0.4 is 32.4 Å². The number of nitrogens with two attached hydrogens (primary N) is 1. The minimum absolute atomic E-state index is 0.0614. The quantitative estimate of drug-likeness (QED) is 0.358. The number of nitrogens with zero attached hydrogens (tertiary/aromatic N) is 3. The molecular formula is C32H37FN6O4. The summed E-state index contributed by atoms with van der Waals surface area (Å²) in [6.45, 7) is 3.95. The molecule has 5 rings (SSSR count). The molecular weight excluding hydrogens is 551 g/mol. The first kappa shape index (κ1) is 30.2. The Hall–Kier alpha value is -4.27. The molecule has 0 bridgehead atoms. The number of carbonyl (C=O) groups is 1. The number of ether oxygens (including phenoxy) is 1. The Morgan fingerprint density at radius 3 is 2.65 bits per heavy atom. The number of pyridine rings is 1. The van der Waals surface area contributed by atoms with Gasteiger partial charge in [-0.25, -0.2) is 14.2 Å². The van der Waals surface area contributed by atoms with E-state index in [1.807, 2.05) is 0 Å². The SMILES string of the molecule is CCn1cc(C(=O)Nc2ccc(Oc3ccnc(C#CC(N)C4CCNCC4)c3)c(F)c2)c(=O)n(C2CCCCC2)c1=O. The number of amides is 1. The van der Waals surface area contributed by atoms with Gasteiger partial charge < -0.3 is 21.1 Å². The van der Waals surface area contributed by atoms with Gasteiger partial charge in [0.2, 0.25) is 0 Å². The summed E-state index contributed by atoms with van der Waals surface area (Å²) < 4.78 is 23.4. The van der Waals surface area contributed by atoms with Crippen molar-refractivity contribution in [3.05, 3.63) is 80.6 Å². The van der Waals surface area contributed by atoms with Crippen molar-refractivity contribution in [1.29, 1.82) is 0 Å². The first-order valence-electron chi connectivity index (χ1n) is 14.9. The molecule has 1 aliphatic heterocycles. The molecule has 0 radical (unpaired) electrons. The van der Waals surface area contributed by atoms with Crippen LogP contribution in [-0.4, -0.2) is 39.2 Å². The molecule has 2 aliphatic rings. The highest BCUT2D eigenvalue weighted by Gasteiger charge is 2.24. The van der Waals surface area contributed by atoms with Crippen molar-refractivity contribution in [3.63, 3.8) is 0 Å². The highest BCUT2D eigenvalue weighted by molar-refractivity contribution is 6.03. The van der Waals surface area contributed by atoms with Gasteiger partial charge in [0, 0.05) is 42.8 Å². The first-order valence-corrected chi connectivity index (χ1v) is 14.9. The second kappa shape index (κ2) is 13.8. The topological polar surface area (TPSA) is 133 Å². The Kier molecular flexibility index (Phi) is 9.69. The number of aryl methyl sites for hydroxylation is 1. The van der Waals surface area contributed by atoms with E-state index in [9.17, 15) is 14.4 Å². The van der Waals surface area contributed by atoms with E-state index < -0.39 is 23.0 Å². The fraction of sp³-hybridized carbons (Fsp3) is 0.438. The van der Waals surface area contributed by atoms with Crippen LogP contribution in [0.3, 0.4) is 0 Å². The number of piperidine rings is 1. The standard InChI is InChI=1S/C32H37FN6O4/c1-2-38-20-26(31(41)39(32(38)42)24-6-4-3-5-7-24)30(40)37-23-9-11-29(27(33)19-23)43-25-14-17-36-22(18-25)8-10-28(34)21-12-15-35-16-13-21/h9,11,14,17-21,24,28,35H,2-7,12-13,15-16,34H2,1H3,(H,37,40). The van der Waals surface area contributed by atoms with Crippen molar-refractivity contribution in [3.8, 4) is 23.3 Å². The fourth-order valence-electron chi connectivity index (χ4n) is 5.67. The number of halogens is 1. The van der Waals surface area contributed by atoms with Crippen molar-refractivity contribution < 1.29 is 13.9 Å². The summed E-state index contributed by atoms with van der Waals surface area (Å²) in [6, 6.07) is 6.68. The maximum absolute atomic E-state index is 15.1. The average molecular weight is 589 g/mol. The van der Waals surface area contributed by atoms with Gasteiger partial charge in [-0.05, 0) is 75.7 Å². The van der Waals surface area contributed by atoms with Gasteiger partial charge in [-0.1, -0.05) is 25.2 Å². The molecule has 3 heterocycles. The lowest BCUT2D eigenvalue weighted by molar-refractivity contribution is 0.102. The molecule has 3 aromatic rings. The minimum Gasteiger partial charge on any atom is -0.454 e. The summed E-state index contributed by atoms with van der Waals surface area (Å²) in [5.74, 6) is 5.25. The number of nitrogens with one attached hydrogen (secondary N) is 2. The van der Waals surface area contributed by atoms with Crippen molar-refractivity contribution in [2.75, 3.05) is 18.4 Å². The zero-order valence-electron chi connectivity index (χ0n) is 24.3. The van der Waals surface area contributed by atoms with Crippen LogP contribution in [0.25, 0.3) is 0 Å². The number of hydrogen-bond acceptors (Lipinski definition) is 7. The van der Waals surface area contributed by atoms with Crippen molar-refractivity contribution in [2.45, 2.75) is 70.5 Å². The highest BCUT2D eigenvalue weighted by atomic mass is 19.1. The molecule has 1 unspecified atom stereocenters. The van der Waals surface area contributed by atoms with Crippen molar-refractivity contribution in [2.24, 2.45) is 11.7 Å². The molecule has 1 amide bonds. The van der Waals surface area contributed by atoms with Gasteiger partial charge in [0.25, 0.3) is 11.5 Å². The predicted octanol–water partition coefficient (Wildman–Crippen LogP) is 3.79. The van der Waals surface area contributed by atoms with Crippen LogP contribution in [0, 0.1) is 23.6 Å². The largest absolute Gasteiger partial charge is 0.454 e. The summed E-state index contributed by atoms with van der Waals surface area (Å²) in [7, 11) is 0. The molecule has 1 atom stereocenters. The zero-order valence-corrected chi connectivity index (χ0v) is 24.3. The number of carbonyl (C=O) groups excluding carboxylic acids is 1. The smallest absolute Gasteiger partial charge is 0.331 e. The monoisotopic (exact) mass is 588 g/mol. The molecule has 2 fully saturated rings. The van der Waals surface area contributed by atoms with E-state index in [0.717, 1.165) is 51.3 Å². The predicted molar refractivity (Wildman–Crippen MR) is 162 cm³/mol. The minimum atomic E-state index is -0.718. The van der Waals surface area contributed by atoms with Gasteiger partial charge in [0.05, 0.1) is 6.04 Å². The van der Waals surface area contributed by atoms with E-state index >= 15 is 4.39 Å². The highest BCUT2D eigenvalue weighted by Crippen LogP contribution is 2.28. The normalized spacial score (nSPS) is 16.6. The molecule has 11 heteroatoms. The number of benzene rings is 1. The van der Waals surface area contributed by atoms with Gasteiger partial charge >= 0.3 is 5.69 Å². The third-order valence-corrected chi connectivity index (χ3v) is 8.12. The molecule has 10 nitrogen and oxygen atoms in total. The number of anilines is 1. The van der Waals surface area contributed by atoms with Crippen LogP contribution in [0.1, 0.15) is 74.0 Å². The lowest BCUT2D eigenvalue weighted by Gasteiger charge is -2.24. The van der Waals surface area contributed by atoms with Crippen molar-refractivity contribution in [1.82, 2.24) is 19.4 Å². The van der Waals surface area contributed by atoms with E-state index in [1.165, 1.54) is 33.7 Å². The average Bonchev–Trinajstić information content (AvgIpc) is 3.02. The Bertz CT molecular complexity index is 1640. The third-order valence-electron chi connectivity index (χ3n) is 8.12. The van der Waals surface area contributed by atoms with Crippen LogP contribution in [0.2, 0.25) is 0 Å². The van der Waals surface area contributed by atoms with Crippen LogP contribution >= 0.6 is 0 Å². The lowest BCUT2D eigenvalue weighted by Crippen LogP contribution is -2.45. The van der Waals surface area contributed by atoms with Crippen molar-refractivity contribution >= 4 is 11.6 Å². The van der Waals surface area contributed by atoms with Crippen LogP contribution in [0.15, 0.2) is 52.3 Å². The molecule has 2 aromatic heterocycles. The van der Waals surface area contributed by atoms with E-state index in [-0.39, 0.29) is 29.1 Å². The van der Waals surface area contributed by atoms with Crippen LogP contribution in [0.5, 0.6) is 11.5 Å². The van der Waals surface area contributed by atoms with E-state index in [0.29, 0.717) is 36.7 Å². The lowest BCUT2D eigenvalue weighted by atomic mass is 9.91. The summed E-state index contributed by atoms with van der Waals surface area (Å²) in [5.41, 5.74) is 5.64. The summed E-state index contributed by atoms with van der Waals surface area (Å²) >= 11 is 0. The molecule has 0 spiro atoms. The Morgan fingerprint density at radius 2 is 1.93 bits per heavy atom. The second-order valence-corrected chi connectivity index (χ2v) is 11.0. The molecule has 43 heavy (non-hydrogen) atoms. The van der Waals surface area contributed by atoms with Gasteiger partial charge in [-0.3, -0.25) is 18.7 Å². The zero-order chi connectivity index (χ0) is 30.3.